The zero-order chi connectivity index (χ0) is 15.7. The van der Waals surface area contributed by atoms with Crippen molar-refractivity contribution in [1.29, 1.82) is 0 Å². The molecule has 0 spiro atoms. The van der Waals surface area contributed by atoms with Gasteiger partial charge in [-0.25, -0.2) is 9.97 Å². The van der Waals surface area contributed by atoms with Gasteiger partial charge < -0.3 is 10.4 Å². The Kier molecular flexibility index (Phi) is 4.26. The molecule has 0 saturated heterocycles. The third kappa shape index (κ3) is 2.91. The maximum Gasteiger partial charge on any atom is 0.317 e. The summed E-state index contributed by atoms with van der Waals surface area (Å²) in [6, 6.07) is 0.699. The number of carboxylic acids is 1. The smallest absolute Gasteiger partial charge is 0.317 e. The Bertz CT molecular complexity index is 681. The molecule has 1 fully saturated rings. The Hall–Kier alpha value is -1.73. The summed E-state index contributed by atoms with van der Waals surface area (Å²) in [6.07, 6.45) is 3.51. The van der Waals surface area contributed by atoms with Gasteiger partial charge in [0.15, 0.2) is 0 Å². The molecule has 7 heteroatoms. The molecule has 0 bridgehead atoms. The predicted octanol–water partition coefficient (Wildman–Crippen LogP) is 2.35. The minimum absolute atomic E-state index is 0.120. The lowest BCUT2D eigenvalue weighted by molar-refractivity contribution is -0.139. The second-order valence-electron chi connectivity index (χ2n) is 5.74. The third-order valence-electron chi connectivity index (χ3n) is 4.27. The average molecular weight is 320 g/mol. The number of likely N-dealkylation sites (N-methyl/N-ethyl adjacent to an activating group) is 1. The second kappa shape index (κ2) is 6.18. The van der Waals surface area contributed by atoms with Crippen molar-refractivity contribution < 1.29 is 9.90 Å². The number of anilines is 1. The molecular formula is C15H20N4O2S. The largest absolute Gasteiger partial charge is 0.480 e. The Balaban J connectivity index is 1.64. The fraction of sp³-hybridized carbons (Fsp3) is 0.533. The molecule has 1 aliphatic rings. The molecule has 2 heterocycles. The lowest BCUT2D eigenvalue weighted by Gasteiger charge is -2.42. The summed E-state index contributed by atoms with van der Waals surface area (Å²) >= 11 is 1.63. The van der Waals surface area contributed by atoms with E-state index in [1.165, 1.54) is 5.56 Å². The summed E-state index contributed by atoms with van der Waals surface area (Å²) in [7, 11) is 0. The van der Waals surface area contributed by atoms with Crippen molar-refractivity contribution in [2.24, 2.45) is 0 Å². The first-order valence-electron chi connectivity index (χ1n) is 7.49. The van der Waals surface area contributed by atoms with Gasteiger partial charge in [-0.2, -0.15) is 0 Å². The number of rotatable bonds is 6. The number of aromatic nitrogens is 2. The number of fused-ring (bicyclic) bond motifs is 1. The number of nitrogens with one attached hydrogen (secondary N) is 1. The van der Waals surface area contributed by atoms with Crippen LogP contribution in [0.2, 0.25) is 0 Å². The van der Waals surface area contributed by atoms with Crippen molar-refractivity contribution in [2.75, 3.05) is 18.4 Å². The van der Waals surface area contributed by atoms with Gasteiger partial charge in [0.2, 0.25) is 0 Å². The van der Waals surface area contributed by atoms with Gasteiger partial charge in [-0.1, -0.05) is 6.92 Å². The lowest BCUT2D eigenvalue weighted by Crippen LogP contribution is -2.51. The minimum atomic E-state index is -0.760. The Morgan fingerprint density at radius 1 is 1.50 bits per heavy atom. The van der Waals surface area contributed by atoms with Crippen LogP contribution in [0, 0.1) is 6.92 Å². The number of nitrogens with zero attached hydrogens (tertiary/aromatic N) is 3. The van der Waals surface area contributed by atoms with Crippen LogP contribution in [0.3, 0.4) is 0 Å². The van der Waals surface area contributed by atoms with Crippen molar-refractivity contribution in [1.82, 2.24) is 14.9 Å². The maximum atomic E-state index is 10.9. The molecular weight excluding hydrogens is 300 g/mol. The quantitative estimate of drug-likeness (QED) is 0.850. The van der Waals surface area contributed by atoms with E-state index in [9.17, 15) is 4.79 Å². The summed E-state index contributed by atoms with van der Waals surface area (Å²) in [6.45, 7) is 4.97. The average Bonchev–Trinajstić information content (AvgIpc) is 2.82. The standard InChI is InChI=1S/C15H20N4O2S/c1-3-19(6-12(20)21)11-4-10(5-11)18-14-13-9(2)7-22-15(13)17-8-16-14/h7-8,10-11H,3-6H2,1-2H3,(H,20,21)(H,16,17,18). The van der Waals surface area contributed by atoms with E-state index >= 15 is 0 Å². The van der Waals surface area contributed by atoms with Crippen LogP contribution in [0.15, 0.2) is 11.7 Å². The molecule has 2 aromatic heterocycles. The molecule has 0 atom stereocenters. The fourth-order valence-electron chi connectivity index (χ4n) is 3.00. The first kappa shape index (κ1) is 15.2. The Labute approximate surface area is 133 Å². The molecule has 0 radical (unpaired) electrons. The fourth-order valence-corrected chi connectivity index (χ4v) is 3.89. The number of carbonyl (C=O) groups is 1. The van der Waals surface area contributed by atoms with Gasteiger partial charge in [0.25, 0.3) is 0 Å². The predicted molar refractivity (Wildman–Crippen MR) is 87.5 cm³/mol. The van der Waals surface area contributed by atoms with Crippen LogP contribution >= 0.6 is 11.3 Å². The molecule has 6 nitrogen and oxygen atoms in total. The van der Waals surface area contributed by atoms with Gasteiger partial charge in [-0.05, 0) is 37.3 Å². The first-order chi connectivity index (χ1) is 10.6. The lowest BCUT2D eigenvalue weighted by atomic mass is 9.85. The van der Waals surface area contributed by atoms with E-state index in [1.807, 2.05) is 11.8 Å². The van der Waals surface area contributed by atoms with E-state index in [2.05, 4.69) is 27.6 Å². The van der Waals surface area contributed by atoms with Crippen LogP contribution in [0.4, 0.5) is 5.82 Å². The number of aryl methyl sites for hydroxylation is 1. The molecule has 1 saturated carbocycles. The van der Waals surface area contributed by atoms with Gasteiger partial charge in [0, 0.05) is 12.1 Å². The van der Waals surface area contributed by atoms with Crippen LogP contribution < -0.4 is 5.32 Å². The van der Waals surface area contributed by atoms with Gasteiger partial charge in [0.1, 0.15) is 17.0 Å². The highest BCUT2D eigenvalue weighted by Gasteiger charge is 2.34. The Morgan fingerprint density at radius 2 is 2.27 bits per heavy atom. The SMILES string of the molecule is CCN(CC(=O)O)C1CC(Nc2ncnc3scc(C)c23)C1. The van der Waals surface area contributed by atoms with Gasteiger partial charge in [-0.15, -0.1) is 11.3 Å². The van der Waals surface area contributed by atoms with E-state index in [0.717, 1.165) is 35.4 Å². The van der Waals surface area contributed by atoms with Crippen molar-refractivity contribution in [3.05, 3.63) is 17.3 Å². The number of aliphatic carboxylic acids is 1. The van der Waals surface area contributed by atoms with Crippen molar-refractivity contribution >= 4 is 33.3 Å². The van der Waals surface area contributed by atoms with Gasteiger partial charge in [-0.3, -0.25) is 9.69 Å². The third-order valence-corrected chi connectivity index (χ3v) is 5.27. The molecule has 118 valence electrons. The van der Waals surface area contributed by atoms with Crippen molar-refractivity contribution in [2.45, 2.75) is 38.8 Å². The molecule has 0 amide bonds. The molecule has 2 N–H and O–H groups in total. The number of thiophene rings is 1. The normalized spacial score (nSPS) is 21.0. The number of hydrogen-bond donors (Lipinski definition) is 2. The zero-order valence-electron chi connectivity index (χ0n) is 12.7. The van der Waals surface area contributed by atoms with E-state index in [4.69, 9.17) is 5.11 Å². The molecule has 1 aliphatic carbocycles. The van der Waals surface area contributed by atoms with Crippen LogP contribution in [-0.2, 0) is 4.79 Å². The molecule has 0 aliphatic heterocycles. The monoisotopic (exact) mass is 320 g/mol. The summed E-state index contributed by atoms with van der Waals surface area (Å²) in [5.74, 6) is 0.137. The highest BCUT2D eigenvalue weighted by molar-refractivity contribution is 7.17. The Morgan fingerprint density at radius 3 is 2.95 bits per heavy atom. The van der Waals surface area contributed by atoms with E-state index in [0.29, 0.717) is 12.1 Å². The topological polar surface area (TPSA) is 78.4 Å². The van der Waals surface area contributed by atoms with E-state index < -0.39 is 5.97 Å². The zero-order valence-corrected chi connectivity index (χ0v) is 13.6. The maximum absolute atomic E-state index is 10.9. The van der Waals surface area contributed by atoms with Gasteiger partial charge in [0.05, 0.1) is 11.9 Å². The summed E-state index contributed by atoms with van der Waals surface area (Å²) in [4.78, 5) is 22.6. The first-order valence-corrected chi connectivity index (χ1v) is 8.37. The number of hydrogen-bond acceptors (Lipinski definition) is 6. The van der Waals surface area contributed by atoms with Gasteiger partial charge >= 0.3 is 5.97 Å². The summed E-state index contributed by atoms with van der Waals surface area (Å²) in [5, 5.41) is 15.6. The second-order valence-corrected chi connectivity index (χ2v) is 6.60. The molecule has 2 aromatic rings. The highest BCUT2D eigenvalue weighted by atomic mass is 32.1. The summed E-state index contributed by atoms with van der Waals surface area (Å²) in [5.41, 5.74) is 1.19. The van der Waals surface area contributed by atoms with Crippen LogP contribution in [0.1, 0.15) is 25.3 Å². The van der Waals surface area contributed by atoms with Crippen molar-refractivity contribution in [3.63, 3.8) is 0 Å². The van der Waals surface area contributed by atoms with Crippen LogP contribution in [0.5, 0.6) is 0 Å². The molecule has 0 aromatic carbocycles. The number of carboxylic acid groups (broad SMARTS) is 1. The highest BCUT2D eigenvalue weighted by Crippen LogP contribution is 2.33. The van der Waals surface area contributed by atoms with E-state index in [-0.39, 0.29) is 6.54 Å². The minimum Gasteiger partial charge on any atom is -0.480 e. The van der Waals surface area contributed by atoms with E-state index in [1.54, 1.807) is 17.7 Å². The molecule has 0 unspecified atom stereocenters. The van der Waals surface area contributed by atoms with Crippen LogP contribution in [-0.4, -0.2) is 51.1 Å². The molecule has 22 heavy (non-hydrogen) atoms. The molecule has 3 rings (SSSR count). The van der Waals surface area contributed by atoms with Crippen LogP contribution in [0.25, 0.3) is 10.2 Å². The summed E-state index contributed by atoms with van der Waals surface area (Å²) < 4.78 is 0. The van der Waals surface area contributed by atoms with Crippen molar-refractivity contribution in [3.8, 4) is 0 Å².